The maximum Gasteiger partial charge on any atom is 0.0442 e. The van der Waals surface area contributed by atoms with Crippen LogP contribution in [0.15, 0.2) is 12.1 Å². The first-order valence-corrected chi connectivity index (χ1v) is 6.08. The normalized spacial score (nSPS) is 24.2. The second kappa shape index (κ2) is 3.60. The van der Waals surface area contributed by atoms with Crippen LogP contribution >= 0.6 is 0 Å². The van der Waals surface area contributed by atoms with Crippen LogP contribution < -0.4 is 5.73 Å². The fourth-order valence-corrected chi connectivity index (χ4v) is 2.67. The molecule has 0 amide bonds. The summed E-state index contributed by atoms with van der Waals surface area (Å²) in [4.78, 5) is 4.81. The van der Waals surface area contributed by atoms with Crippen molar-refractivity contribution >= 4 is 0 Å². The Morgan fingerprint density at radius 2 is 2.13 bits per heavy atom. The molecule has 2 nitrogen and oxygen atoms in total. The van der Waals surface area contributed by atoms with E-state index in [1.807, 2.05) is 0 Å². The van der Waals surface area contributed by atoms with Gasteiger partial charge >= 0.3 is 0 Å². The van der Waals surface area contributed by atoms with Gasteiger partial charge in [-0.1, -0.05) is 6.07 Å². The van der Waals surface area contributed by atoms with E-state index in [2.05, 4.69) is 12.1 Å². The molecule has 2 aliphatic carbocycles. The fourth-order valence-electron chi connectivity index (χ4n) is 2.67. The monoisotopic (exact) mass is 202 g/mol. The molecular weight excluding hydrogens is 184 g/mol. The zero-order valence-corrected chi connectivity index (χ0v) is 9.08. The Balaban J connectivity index is 1.87. The number of fused-ring (bicyclic) bond motifs is 1. The molecule has 0 bridgehead atoms. The Labute approximate surface area is 90.9 Å². The predicted octanol–water partition coefficient (Wildman–Crippen LogP) is 2.34. The van der Waals surface area contributed by atoms with E-state index in [-0.39, 0.29) is 0 Å². The van der Waals surface area contributed by atoms with Gasteiger partial charge in [-0.3, -0.25) is 4.98 Å². The number of pyridine rings is 1. The second-order valence-corrected chi connectivity index (χ2v) is 4.86. The molecule has 1 saturated carbocycles. The number of rotatable bonds is 3. The maximum atomic E-state index is 5.63. The van der Waals surface area contributed by atoms with Crippen molar-refractivity contribution in [1.29, 1.82) is 0 Å². The van der Waals surface area contributed by atoms with Crippen LogP contribution in [0.2, 0.25) is 0 Å². The van der Waals surface area contributed by atoms with Gasteiger partial charge in [-0.25, -0.2) is 0 Å². The molecule has 80 valence electrons. The zero-order valence-electron chi connectivity index (χ0n) is 9.08. The third-order valence-corrected chi connectivity index (χ3v) is 3.71. The van der Waals surface area contributed by atoms with Crippen molar-refractivity contribution < 1.29 is 0 Å². The lowest BCUT2D eigenvalue weighted by molar-refractivity contribution is 0.627. The minimum absolute atomic E-state index is 0.686. The van der Waals surface area contributed by atoms with E-state index < -0.39 is 0 Å². The lowest BCUT2D eigenvalue weighted by atomic mass is 9.99. The van der Waals surface area contributed by atoms with Crippen molar-refractivity contribution in [3.05, 3.63) is 29.1 Å². The Bertz CT molecular complexity index is 369. The summed E-state index contributed by atoms with van der Waals surface area (Å²) < 4.78 is 0. The van der Waals surface area contributed by atoms with Crippen molar-refractivity contribution in [2.45, 2.75) is 43.9 Å². The zero-order chi connectivity index (χ0) is 10.3. The Kier molecular flexibility index (Phi) is 2.24. The van der Waals surface area contributed by atoms with E-state index in [4.69, 9.17) is 10.7 Å². The summed E-state index contributed by atoms with van der Waals surface area (Å²) in [7, 11) is 0. The highest BCUT2D eigenvalue weighted by atomic mass is 14.7. The summed E-state index contributed by atoms with van der Waals surface area (Å²) in [6, 6.07) is 4.55. The molecular formula is C13H18N2. The molecule has 1 unspecified atom stereocenters. The lowest BCUT2D eigenvalue weighted by Gasteiger charge is -2.09. The van der Waals surface area contributed by atoms with Crippen LogP contribution in [-0.4, -0.2) is 11.5 Å². The minimum atomic E-state index is 0.686. The Hall–Kier alpha value is -0.890. The summed E-state index contributed by atoms with van der Waals surface area (Å²) in [5.74, 6) is 1.47. The van der Waals surface area contributed by atoms with E-state index in [1.54, 1.807) is 0 Å². The number of hydrogen-bond donors (Lipinski definition) is 1. The van der Waals surface area contributed by atoms with Crippen LogP contribution in [0.5, 0.6) is 0 Å². The first-order valence-electron chi connectivity index (χ1n) is 6.08. The molecule has 0 aliphatic heterocycles. The molecule has 1 atom stereocenters. The fraction of sp³-hybridized carbons (Fsp3) is 0.615. The van der Waals surface area contributed by atoms with Crippen LogP contribution in [0, 0.1) is 0 Å². The van der Waals surface area contributed by atoms with Gasteiger partial charge in [-0.15, -0.1) is 0 Å². The van der Waals surface area contributed by atoms with Gasteiger partial charge in [0.05, 0.1) is 0 Å². The quantitative estimate of drug-likeness (QED) is 0.817. The topological polar surface area (TPSA) is 38.9 Å². The Morgan fingerprint density at radius 3 is 2.87 bits per heavy atom. The van der Waals surface area contributed by atoms with Crippen LogP contribution in [0.1, 0.15) is 54.5 Å². The van der Waals surface area contributed by atoms with Gasteiger partial charge in [0.2, 0.25) is 0 Å². The summed E-state index contributed by atoms with van der Waals surface area (Å²) in [6.07, 6.45) is 6.24. The smallest absolute Gasteiger partial charge is 0.0442 e. The number of aryl methyl sites for hydroxylation is 1. The standard InChI is InChI=1S/C13H18N2/c14-8-7-9-3-5-13-11(9)4-6-12(15-13)10-1-2-10/h4,6,9-10H,1-3,5,7-8,14H2. The highest BCUT2D eigenvalue weighted by molar-refractivity contribution is 5.33. The molecule has 2 heteroatoms. The van der Waals surface area contributed by atoms with Gasteiger partial charge in [-0.05, 0) is 56.2 Å². The summed E-state index contributed by atoms with van der Waals surface area (Å²) in [5, 5.41) is 0. The van der Waals surface area contributed by atoms with E-state index in [1.165, 1.54) is 42.6 Å². The third kappa shape index (κ3) is 1.67. The van der Waals surface area contributed by atoms with Crippen molar-refractivity contribution in [3.8, 4) is 0 Å². The van der Waals surface area contributed by atoms with E-state index >= 15 is 0 Å². The first-order chi connectivity index (χ1) is 7.38. The molecule has 0 radical (unpaired) electrons. The third-order valence-electron chi connectivity index (χ3n) is 3.71. The lowest BCUT2D eigenvalue weighted by Crippen LogP contribution is -2.05. The number of nitrogens with zero attached hydrogens (tertiary/aromatic N) is 1. The van der Waals surface area contributed by atoms with Crippen LogP contribution in [-0.2, 0) is 6.42 Å². The van der Waals surface area contributed by atoms with Gasteiger partial charge in [0, 0.05) is 17.3 Å². The largest absolute Gasteiger partial charge is 0.330 e. The van der Waals surface area contributed by atoms with Gasteiger partial charge in [0.25, 0.3) is 0 Å². The van der Waals surface area contributed by atoms with Crippen molar-refractivity contribution in [3.63, 3.8) is 0 Å². The van der Waals surface area contributed by atoms with Crippen LogP contribution in [0.4, 0.5) is 0 Å². The number of aromatic nitrogens is 1. The highest BCUT2D eigenvalue weighted by Crippen LogP contribution is 2.41. The SMILES string of the molecule is NCCC1CCc2nc(C3CC3)ccc21. The molecule has 0 aromatic carbocycles. The van der Waals surface area contributed by atoms with E-state index in [9.17, 15) is 0 Å². The first kappa shape index (κ1) is 9.34. The Morgan fingerprint density at radius 1 is 1.27 bits per heavy atom. The molecule has 15 heavy (non-hydrogen) atoms. The molecule has 2 aliphatic rings. The van der Waals surface area contributed by atoms with Crippen molar-refractivity contribution in [1.82, 2.24) is 4.98 Å². The molecule has 0 saturated heterocycles. The predicted molar refractivity (Wildman–Crippen MR) is 60.9 cm³/mol. The maximum absolute atomic E-state index is 5.63. The average molecular weight is 202 g/mol. The van der Waals surface area contributed by atoms with E-state index in [0.717, 1.165) is 18.9 Å². The number of hydrogen-bond acceptors (Lipinski definition) is 2. The van der Waals surface area contributed by atoms with Gasteiger partial charge in [0.15, 0.2) is 0 Å². The molecule has 1 fully saturated rings. The van der Waals surface area contributed by atoms with Gasteiger partial charge in [-0.2, -0.15) is 0 Å². The molecule has 2 N–H and O–H groups in total. The van der Waals surface area contributed by atoms with Crippen molar-refractivity contribution in [2.75, 3.05) is 6.54 Å². The van der Waals surface area contributed by atoms with Crippen LogP contribution in [0.3, 0.4) is 0 Å². The molecule has 1 aromatic rings. The molecule has 1 aromatic heterocycles. The summed E-state index contributed by atoms with van der Waals surface area (Å²) in [5.41, 5.74) is 9.80. The molecule has 1 heterocycles. The molecule has 3 rings (SSSR count). The van der Waals surface area contributed by atoms with E-state index in [0.29, 0.717) is 5.92 Å². The summed E-state index contributed by atoms with van der Waals surface area (Å²) >= 11 is 0. The van der Waals surface area contributed by atoms with Gasteiger partial charge < -0.3 is 5.73 Å². The minimum Gasteiger partial charge on any atom is -0.330 e. The summed E-state index contributed by atoms with van der Waals surface area (Å²) in [6.45, 7) is 0.800. The molecule has 0 spiro atoms. The number of nitrogens with two attached hydrogens (primary N) is 1. The van der Waals surface area contributed by atoms with Crippen LogP contribution in [0.25, 0.3) is 0 Å². The second-order valence-electron chi connectivity index (χ2n) is 4.86. The average Bonchev–Trinajstić information content (AvgIpc) is 3.03. The van der Waals surface area contributed by atoms with Crippen molar-refractivity contribution in [2.24, 2.45) is 5.73 Å². The highest BCUT2D eigenvalue weighted by Gasteiger charge is 2.28. The van der Waals surface area contributed by atoms with Gasteiger partial charge in [0.1, 0.15) is 0 Å².